The van der Waals surface area contributed by atoms with Gasteiger partial charge >= 0.3 is 11.9 Å². The van der Waals surface area contributed by atoms with Crippen LogP contribution in [0.25, 0.3) is 0 Å². The van der Waals surface area contributed by atoms with Crippen molar-refractivity contribution in [3.05, 3.63) is 65.2 Å². The Balaban J connectivity index is 1.52. The normalized spacial score (nSPS) is 20.0. The van der Waals surface area contributed by atoms with E-state index in [0.29, 0.717) is 30.2 Å². The number of ether oxygens (including phenoxy) is 3. The maximum Gasteiger partial charge on any atom is 0.341 e. The zero-order valence-corrected chi connectivity index (χ0v) is 15.6. The van der Waals surface area contributed by atoms with Crippen molar-refractivity contribution in [2.75, 3.05) is 13.2 Å². The van der Waals surface area contributed by atoms with Gasteiger partial charge in [0, 0.05) is 12.5 Å². The van der Waals surface area contributed by atoms with E-state index in [0.717, 1.165) is 17.5 Å². The molecular weight excluding hydrogens is 358 g/mol. The van der Waals surface area contributed by atoms with Crippen molar-refractivity contribution in [2.24, 2.45) is 4.99 Å². The summed E-state index contributed by atoms with van der Waals surface area (Å²) in [7, 11) is 0. The lowest BCUT2D eigenvalue weighted by Gasteiger charge is -2.27. The Bertz CT molecular complexity index is 922. The molecule has 0 saturated carbocycles. The van der Waals surface area contributed by atoms with Crippen molar-refractivity contribution in [3.63, 3.8) is 0 Å². The minimum Gasteiger partial charge on any atom is -0.464 e. The Labute approximate surface area is 163 Å². The van der Waals surface area contributed by atoms with Crippen LogP contribution in [0.15, 0.2) is 53.5 Å². The molecule has 2 aromatic carbocycles. The Morgan fingerprint density at radius 3 is 2.75 bits per heavy atom. The third-order valence-electron chi connectivity index (χ3n) is 4.92. The van der Waals surface area contributed by atoms with Crippen molar-refractivity contribution < 1.29 is 23.8 Å². The van der Waals surface area contributed by atoms with Gasteiger partial charge < -0.3 is 14.2 Å². The standard InChI is InChI=1S/C22H21NO5/c1-2-26-22(25)20-19-17(10-11-27-20)16-9-8-15(12-18(16)23-19)21(24)28-13-14-6-4-3-5-7-14/h3-9,12,17,20H,2,10-11,13H2,1H3. The maximum atomic E-state index is 12.4. The first kappa shape index (κ1) is 18.4. The number of carbonyl (C=O) groups is 2. The van der Waals surface area contributed by atoms with Crippen LogP contribution in [0.3, 0.4) is 0 Å². The predicted molar refractivity (Wildman–Crippen MR) is 103 cm³/mol. The van der Waals surface area contributed by atoms with E-state index in [4.69, 9.17) is 14.2 Å². The zero-order chi connectivity index (χ0) is 19.5. The van der Waals surface area contributed by atoms with Gasteiger partial charge in [-0.1, -0.05) is 36.4 Å². The number of esters is 2. The third-order valence-corrected chi connectivity index (χ3v) is 4.92. The molecule has 2 aromatic rings. The number of nitrogens with zero attached hydrogens (tertiary/aromatic N) is 1. The highest BCUT2D eigenvalue weighted by molar-refractivity contribution is 6.12. The molecule has 144 valence electrons. The number of fused-ring (bicyclic) bond motifs is 3. The molecule has 2 atom stereocenters. The third kappa shape index (κ3) is 3.55. The molecule has 0 N–H and O–H groups in total. The summed E-state index contributed by atoms with van der Waals surface area (Å²) < 4.78 is 16.1. The quantitative estimate of drug-likeness (QED) is 0.743. The van der Waals surface area contributed by atoms with Crippen LogP contribution in [0.5, 0.6) is 0 Å². The van der Waals surface area contributed by atoms with Gasteiger partial charge in [0.1, 0.15) is 6.61 Å². The van der Waals surface area contributed by atoms with Crippen LogP contribution >= 0.6 is 0 Å². The zero-order valence-electron chi connectivity index (χ0n) is 15.6. The number of hydrogen-bond acceptors (Lipinski definition) is 6. The Morgan fingerprint density at radius 2 is 1.96 bits per heavy atom. The smallest absolute Gasteiger partial charge is 0.341 e. The largest absolute Gasteiger partial charge is 0.464 e. The predicted octanol–water partition coefficient (Wildman–Crippen LogP) is 3.57. The summed E-state index contributed by atoms with van der Waals surface area (Å²) in [6.45, 7) is 2.73. The van der Waals surface area contributed by atoms with Gasteiger partial charge in [-0.3, -0.25) is 4.99 Å². The lowest BCUT2D eigenvalue weighted by atomic mass is 9.88. The fraction of sp³-hybridized carbons (Fsp3) is 0.318. The molecule has 0 radical (unpaired) electrons. The van der Waals surface area contributed by atoms with E-state index in [9.17, 15) is 9.59 Å². The maximum absolute atomic E-state index is 12.4. The van der Waals surface area contributed by atoms with Gasteiger partial charge in [0.2, 0.25) is 0 Å². The second kappa shape index (κ2) is 7.94. The van der Waals surface area contributed by atoms with E-state index in [1.807, 2.05) is 36.4 Å². The molecule has 1 saturated heterocycles. The Hall–Kier alpha value is -2.99. The molecule has 2 aliphatic heterocycles. The van der Waals surface area contributed by atoms with E-state index in [1.165, 1.54) is 0 Å². The fourth-order valence-corrected chi connectivity index (χ4v) is 3.59. The van der Waals surface area contributed by atoms with Gasteiger partial charge in [-0.05, 0) is 36.6 Å². The number of hydrogen-bond donors (Lipinski definition) is 0. The average molecular weight is 379 g/mol. The molecule has 1 fully saturated rings. The number of benzene rings is 2. The van der Waals surface area contributed by atoms with Gasteiger partial charge in [-0.15, -0.1) is 0 Å². The van der Waals surface area contributed by atoms with Crippen molar-refractivity contribution in [1.82, 2.24) is 0 Å². The molecule has 0 aromatic heterocycles. The van der Waals surface area contributed by atoms with Crippen LogP contribution in [-0.4, -0.2) is 37.0 Å². The number of carbonyl (C=O) groups excluding carboxylic acids is 2. The van der Waals surface area contributed by atoms with E-state index >= 15 is 0 Å². The molecule has 0 amide bonds. The van der Waals surface area contributed by atoms with Crippen molar-refractivity contribution in [3.8, 4) is 0 Å². The van der Waals surface area contributed by atoms with E-state index < -0.39 is 18.0 Å². The fourth-order valence-electron chi connectivity index (χ4n) is 3.59. The van der Waals surface area contributed by atoms with Crippen molar-refractivity contribution >= 4 is 23.3 Å². The topological polar surface area (TPSA) is 74.2 Å². The van der Waals surface area contributed by atoms with Gasteiger partial charge in [0.25, 0.3) is 0 Å². The van der Waals surface area contributed by atoms with Crippen LogP contribution < -0.4 is 0 Å². The molecular formula is C22H21NO5. The molecule has 0 aliphatic carbocycles. The molecule has 4 rings (SSSR count). The summed E-state index contributed by atoms with van der Waals surface area (Å²) >= 11 is 0. The van der Waals surface area contributed by atoms with Crippen molar-refractivity contribution in [2.45, 2.75) is 32.0 Å². The highest BCUT2D eigenvalue weighted by atomic mass is 16.6. The highest BCUT2D eigenvalue weighted by Gasteiger charge is 2.40. The highest BCUT2D eigenvalue weighted by Crippen LogP contribution is 2.41. The minimum atomic E-state index is -0.778. The van der Waals surface area contributed by atoms with Crippen LogP contribution in [0, 0.1) is 0 Å². The van der Waals surface area contributed by atoms with Crippen LogP contribution in [0.1, 0.15) is 40.7 Å². The van der Waals surface area contributed by atoms with Crippen LogP contribution in [0.2, 0.25) is 0 Å². The summed E-state index contributed by atoms with van der Waals surface area (Å²) in [6.07, 6.45) is -0.0286. The number of rotatable bonds is 5. The molecule has 2 unspecified atom stereocenters. The van der Waals surface area contributed by atoms with Crippen LogP contribution in [-0.2, 0) is 25.6 Å². The van der Waals surface area contributed by atoms with Gasteiger partial charge in [0.15, 0.2) is 6.10 Å². The lowest BCUT2D eigenvalue weighted by molar-refractivity contribution is -0.153. The molecule has 6 nitrogen and oxygen atoms in total. The van der Waals surface area contributed by atoms with Gasteiger partial charge in [-0.25, -0.2) is 9.59 Å². The summed E-state index contributed by atoms with van der Waals surface area (Å²) in [6, 6.07) is 14.9. The monoisotopic (exact) mass is 379 g/mol. The SMILES string of the molecule is CCOC(=O)C1OCCC2C1=Nc1cc(C(=O)OCc3ccccc3)ccc12. The van der Waals surface area contributed by atoms with E-state index in [1.54, 1.807) is 19.1 Å². The van der Waals surface area contributed by atoms with Gasteiger partial charge in [0.05, 0.1) is 23.6 Å². The van der Waals surface area contributed by atoms with E-state index in [2.05, 4.69) is 4.99 Å². The molecule has 0 bridgehead atoms. The first-order valence-corrected chi connectivity index (χ1v) is 9.39. The van der Waals surface area contributed by atoms with Crippen LogP contribution in [0.4, 0.5) is 5.69 Å². The summed E-state index contributed by atoms with van der Waals surface area (Å²) in [5.74, 6) is -0.797. The molecule has 28 heavy (non-hydrogen) atoms. The van der Waals surface area contributed by atoms with E-state index in [-0.39, 0.29) is 12.5 Å². The molecule has 0 spiro atoms. The number of aliphatic imine (C=N–C) groups is 1. The first-order chi connectivity index (χ1) is 13.7. The van der Waals surface area contributed by atoms with Gasteiger partial charge in [-0.2, -0.15) is 0 Å². The summed E-state index contributed by atoms with van der Waals surface area (Å²) in [4.78, 5) is 29.2. The molecule has 6 heteroatoms. The minimum absolute atomic E-state index is 0.0209. The first-order valence-electron chi connectivity index (χ1n) is 9.39. The summed E-state index contributed by atoms with van der Waals surface area (Å²) in [5.41, 5.74) is 3.72. The molecule has 2 heterocycles. The van der Waals surface area contributed by atoms with Crippen molar-refractivity contribution in [1.29, 1.82) is 0 Å². The molecule has 2 aliphatic rings. The second-order valence-electron chi connectivity index (χ2n) is 6.72. The Kier molecular flexibility index (Phi) is 5.21. The Morgan fingerprint density at radius 1 is 1.14 bits per heavy atom. The average Bonchev–Trinajstić information content (AvgIpc) is 3.10. The lowest BCUT2D eigenvalue weighted by Crippen LogP contribution is -2.41. The second-order valence-corrected chi connectivity index (χ2v) is 6.72. The summed E-state index contributed by atoms with van der Waals surface area (Å²) in [5, 5.41) is 0.